The molecule has 0 amide bonds. The van der Waals surface area contributed by atoms with Crippen LogP contribution in [0.25, 0.3) is 10.9 Å². The average Bonchev–Trinajstić information content (AvgIpc) is 2.90. The molecule has 142 valence electrons. The van der Waals surface area contributed by atoms with Gasteiger partial charge in [-0.05, 0) is 55.3 Å². The average molecular weight is 396 g/mol. The van der Waals surface area contributed by atoms with Gasteiger partial charge in [-0.1, -0.05) is 18.5 Å². The van der Waals surface area contributed by atoms with E-state index in [2.05, 4.69) is 0 Å². The molecule has 0 N–H and O–H groups in total. The zero-order valence-electron chi connectivity index (χ0n) is 14.9. The van der Waals surface area contributed by atoms with Crippen molar-refractivity contribution in [2.24, 2.45) is 0 Å². The highest BCUT2D eigenvalue weighted by Gasteiger charge is 2.39. The summed E-state index contributed by atoms with van der Waals surface area (Å²) in [5.41, 5.74) is 0.638. The quantitative estimate of drug-likeness (QED) is 0.554. The standard InChI is InChI=1S/C20H17ClF3NO2/c1-4-14-11(2)25(19(26)12-5-7-13(21)8-6-12)15-9-10-16(27-3)18(17(14)15)20(22,23)24/h5-10H,4H2,1-3H3. The van der Waals surface area contributed by atoms with Gasteiger partial charge >= 0.3 is 6.18 Å². The van der Waals surface area contributed by atoms with Crippen LogP contribution < -0.4 is 4.74 Å². The fourth-order valence-corrected chi connectivity index (χ4v) is 3.55. The van der Waals surface area contributed by atoms with E-state index in [1.165, 1.54) is 23.8 Å². The molecular weight excluding hydrogens is 379 g/mol. The first kappa shape index (κ1) is 19.3. The number of carbonyl (C=O) groups is 1. The number of ether oxygens (including phenoxy) is 1. The molecule has 0 atom stereocenters. The number of aromatic nitrogens is 1. The van der Waals surface area contributed by atoms with E-state index in [0.717, 1.165) is 0 Å². The second-order valence-corrected chi connectivity index (χ2v) is 6.54. The summed E-state index contributed by atoms with van der Waals surface area (Å²) < 4.78 is 47.7. The van der Waals surface area contributed by atoms with Crippen LogP contribution in [0.5, 0.6) is 5.75 Å². The van der Waals surface area contributed by atoms with E-state index >= 15 is 0 Å². The molecule has 0 bridgehead atoms. The zero-order valence-corrected chi connectivity index (χ0v) is 15.7. The van der Waals surface area contributed by atoms with Crippen molar-refractivity contribution in [1.29, 1.82) is 0 Å². The summed E-state index contributed by atoms with van der Waals surface area (Å²) in [6.45, 7) is 3.41. The highest BCUT2D eigenvalue weighted by atomic mass is 35.5. The van der Waals surface area contributed by atoms with Crippen LogP contribution in [0.15, 0.2) is 36.4 Å². The molecule has 27 heavy (non-hydrogen) atoms. The Kier molecular flexibility index (Phi) is 4.95. The molecule has 0 fully saturated rings. The topological polar surface area (TPSA) is 31.2 Å². The minimum atomic E-state index is -4.61. The van der Waals surface area contributed by atoms with Crippen LogP contribution in [0.4, 0.5) is 13.2 Å². The highest BCUT2D eigenvalue weighted by molar-refractivity contribution is 6.30. The first-order valence-corrected chi connectivity index (χ1v) is 8.66. The first-order chi connectivity index (χ1) is 12.7. The van der Waals surface area contributed by atoms with Gasteiger partial charge in [-0.25, -0.2) is 0 Å². The second kappa shape index (κ2) is 6.93. The van der Waals surface area contributed by atoms with Crippen LogP contribution in [0.1, 0.15) is 34.1 Å². The summed E-state index contributed by atoms with van der Waals surface area (Å²) in [5, 5.41) is 0.475. The van der Waals surface area contributed by atoms with Gasteiger partial charge in [0.05, 0.1) is 12.6 Å². The maximum atomic E-state index is 13.8. The molecule has 1 heterocycles. The van der Waals surface area contributed by atoms with Crippen molar-refractivity contribution in [3.63, 3.8) is 0 Å². The van der Waals surface area contributed by atoms with Gasteiger partial charge in [-0.15, -0.1) is 0 Å². The van der Waals surface area contributed by atoms with Gasteiger partial charge < -0.3 is 4.74 Å². The van der Waals surface area contributed by atoms with Crippen molar-refractivity contribution in [2.45, 2.75) is 26.4 Å². The summed E-state index contributed by atoms with van der Waals surface area (Å²) >= 11 is 5.86. The van der Waals surface area contributed by atoms with Crippen molar-refractivity contribution in [1.82, 2.24) is 4.57 Å². The number of nitrogens with zero attached hydrogens (tertiary/aromatic N) is 1. The van der Waals surface area contributed by atoms with Gasteiger partial charge in [0.1, 0.15) is 11.3 Å². The van der Waals surface area contributed by atoms with Crippen LogP contribution in [-0.4, -0.2) is 17.6 Å². The number of aryl methyl sites for hydroxylation is 1. The second-order valence-electron chi connectivity index (χ2n) is 6.10. The third-order valence-corrected chi connectivity index (χ3v) is 4.86. The SMILES string of the molecule is CCc1c(C)n(C(=O)c2ccc(Cl)cc2)c2ccc(OC)c(C(F)(F)F)c12. The number of methoxy groups -OCH3 is 1. The van der Waals surface area contributed by atoms with E-state index in [1.54, 1.807) is 38.1 Å². The van der Waals surface area contributed by atoms with Gasteiger partial charge in [-0.2, -0.15) is 13.2 Å². The van der Waals surface area contributed by atoms with Gasteiger partial charge in [0.2, 0.25) is 0 Å². The predicted octanol–water partition coefficient (Wildman–Crippen LogP) is 5.88. The van der Waals surface area contributed by atoms with E-state index in [1.807, 2.05) is 0 Å². The molecule has 3 nitrogen and oxygen atoms in total. The maximum absolute atomic E-state index is 13.8. The van der Waals surface area contributed by atoms with Crippen LogP contribution in [0.2, 0.25) is 5.02 Å². The van der Waals surface area contributed by atoms with Crippen LogP contribution in [-0.2, 0) is 12.6 Å². The Morgan fingerprint density at radius 3 is 2.30 bits per heavy atom. The zero-order chi connectivity index (χ0) is 19.9. The van der Waals surface area contributed by atoms with Crippen molar-refractivity contribution in [3.05, 3.63) is 63.8 Å². The van der Waals surface area contributed by atoms with Gasteiger partial charge in [0, 0.05) is 21.7 Å². The van der Waals surface area contributed by atoms with E-state index in [4.69, 9.17) is 16.3 Å². The fraction of sp³-hybridized carbons (Fsp3) is 0.250. The molecule has 3 aromatic rings. The van der Waals surface area contributed by atoms with E-state index in [0.29, 0.717) is 28.3 Å². The summed E-state index contributed by atoms with van der Waals surface area (Å²) in [4.78, 5) is 13.0. The normalized spacial score (nSPS) is 11.8. The number of halogens is 4. The molecular formula is C20H17ClF3NO2. The lowest BCUT2D eigenvalue weighted by molar-refractivity contribution is -0.137. The molecule has 0 spiro atoms. The summed E-state index contributed by atoms with van der Waals surface area (Å²) in [6.07, 6.45) is -4.27. The third-order valence-electron chi connectivity index (χ3n) is 4.61. The largest absolute Gasteiger partial charge is 0.496 e. The molecule has 0 saturated heterocycles. The lowest BCUT2D eigenvalue weighted by atomic mass is 10.0. The molecule has 0 radical (unpaired) electrons. The number of benzene rings is 2. The highest BCUT2D eigenvalue weighted by Crippen LogP contribution is 2.44. The van der Waals surface area contributed by atoms with Gasteiger partial charge in [0.25, 0.3) is 5.91 Å². The number of rotatable bonds is 3. The molecule has 7 heteroatoms. The fourth-order valence-electron chi connectivity index (χ4n) is 3.43. The Morgan fingerprint density at radius 2 is 1.78 bits per heavy atom. The molecule has 0 saturated carbocycles. The lowest BCUT2D eigenvalue weighted by Gasteiger charge is -2.14. The Bertz CT molecular complexity index is 1020. The summed E-state index contributed by atoms with van der Waals surface area (Å²) in [6, 6.07) is 8.98. The maximum Gasteiger partial charge on any atom is 0.420 e. The predicted molar refractivity (Wildman–Crippen MR) is 98.8 cm³/mol. The Labute approximate surface area is 159 Å². The summed E-state index contributed by atoms with van der Waals surface area (Å²) in [7, 11) is 1.20. The molecule has 0 unspecified atom stereocenters. The minimum Gasteiger partial charge on any atom is -0.496 e. The van der Waals surface area contributed by atoms with Crippen LogP contribution in [0.3, 0.4) is 0 Å². The van der Waals surface area contributed by atoms with Gasteiger partial charge in [-0.3, -0.25) is 9.36 Å². The number of alkyl halides is 3. The van der Waals surface area contributed by atoms with Crippen molar-refractivity contribution in [3.8, 4) is 5.75 Å². The lowest BCUT2D eigenvalue weighted by Crippen LogP contribution is -2.14. The number of fused-ring (bicyclic) bond motifs is 1. The van der Waals surface area contributed by atoms with Crippen molar-refractivity contribution >= 4 is 28.4 Å². The number of hydrogen-bond donors (Lipinski definition) is 0. The third kappa shape index (κ3) is 3.18. The van der Waals surface area contributed by atoms with Crippen molar-refractivity contribution in [2.75, 3.05) is 7.11 Å². The molecule has 0 aliphatic rings. The number of carbonyl (C=O) groups excluding carboxylic acids is 1. The van der Waals surface area contributed by atoms with Crippen LogP contribution >= 0.6 is 11.6 Å². The molecule has 1 aromatic heterocycles. The molecule has 2 aromatic carbocycles. The number of hydrogen-bond acceptors (Lipinski definition) is 2. The first-order valence-electron chi connectivity index (χ1n) is 8.29. The molecule has 0 aliphatic heterocycles. The molecule has 3 rings (SSSR count). The van der Waals surface area contributed by atoms with E-state index < -0.39 is 17.6 Å². The smallest absolute Gasteiger partial charge is 0.420 e. The van der Waals surface area contributed by atoms with Gasteiger partial charge in [0.15, 0.2) is 0 Å². The summed E-state index contributed by atoms with van der Waals surface area (Å²) in [5.74, 6) is -0.673. The monoisotopic (exact) mass is 395 g/mol. The Hall–Kier alpha value is -2.47. The van der Waals surface area contributed by atoms with E-state index in [9.17, 15) is 18.0 Å². The molecule has 0 aliphatic carbocycles. The van der Waals surface area contributed by atoms with E-state index in [-0.39, 0.29) is 16.7 Å². The van der Waals surface area contributed by atoms with Crippen LogP contribution in [0, 0.1) is 6.92 Å². The van der Waals surface area contributed by atoms with Crippen molar-refractivity contribution < 1.29 is 22.7 Å². The Morgan fingerprint density at radius 1 is 1.15 bits per heavy atom. The Balaban J connectivity index is 2.37. The minimum absolute atomic E-state index is 0.00386.